The normalized spacial score (nSPS) is 28.9. The third-order valence-corrected chi connectivity index (χ3v) is 5.81. The Labute approximate surface area is 118 Å². The van der Waals surface area contributed by atoms with Crippen LogP contribution >= 0.6 is 11.8 Å². The first-order valence-corrected chi connectivity index (χ1v) is 7.86. The molecule has 0 saturated carbocycles. The van der Waals surface area contributed by atoms with Gasteiger partial charge in [-0.15, -0.1) is 0 Å². The van der Waals surface area contributed by atoms with E-state index < -0.39 is 0 Å². The molecule has 1 aromatic rings. The highest BCUT2D eigenvalue weighted by atomic mass is 32.2. The lowest BCUT2D eigenvalue weighted by atomic mass is 9.90. The molecule has 0 amide bonds. The molecule has 0 spiro atoms. The average molecular weight is 271 g/mol. The summed E-state index contributed by atoms with van der Waals surface area (Å²) in [6.45, 7) is 0. The largest absolute Gasteiger partial charge is 0.299 e. The van der Waals surface area contributed by atoms with Crippen molar-refractivity contribution < 1.29 is 4.79 Å². The van der Waals surface area contributed by atoms with Crippen LogP contribution in [0.2, 0.25) is 0 Å². The Morgan fingerprint density at radius 2 is 2.05 bits per heavy atom. The third kappa shape index (κ3) is 2.84. The second-order valence-corrected chi connectivity index (χ2v) is 7.19. The van der Waals surface area contributed by atoms with Crippen molar-refractivity contribution in [3.8, 4) is 6.07 Å². The van der Waals surface area contributed by atoms with Gasteiger partial charge in [-0.05, 0) is 43.4 Å². The number of carbonyl (C=O) groups is 1. The van der Waals surface area contributed by atoms with Gasteiger partial charge in [-0.1, -0.05) is 12.1 Å². The molecule has 0 N–H and O–H groups in total. The summed E-state index contributed by atoms with van der Waals surface area (Å²) in [5.74, 6) is 0.622. The van der Waals surface area contributed by atoms with Gasteiger partial charge in [0.15, 0.2) is 0 Å². The van der Waals surface area contributed by atoms with E-state index in [2.05, 4.69) is 17.8 Å². The fraction of sp³-hybridized carbons (Fsp3) is 0.500. The van der Waals surface area contributed by atoms with Crippen LogP contribution in [0.4, 0.5) is 0 Å². The summed E-state index contributed by atoms with van der Waals surface area (Å²) >= 11 is 2.09. The Morgan fingerprint density at radius 1 is 1.32 bits per heavy atom. The molecule has 19 heavy (non-hydrogen) atoms. The standard InChI is InChI=1S/C16H17NOS/c17-10-12-3-1-2-11(6-12)7-16(18)13-8-14-4-5-15(9-13)19-14/h1-3,6,13-15H,4-5,7-9H2. The van der Waals surface area contributed by atoms with E-state index in [-0.39, 0.29) is 5.92 Å². The van der Waals surface area contributed by atoms with Gasteiger partial charge in [-0.3, -0.25) is 4.79 Å². The van der Waals surface area contributed by atoms with Crippen LogP contribution in [0.5, 0.6) is 0 Å². The van der Waals surface area contributed by atoms with E-state index >= 15 is 0 Å². The first-order chi connectivity index (χ1) is 9.24. The number of carbonyl (C=O) groups excluding carboxylic acids is 1. The molecule has 2 unspecified atom stereocenters. The molecule has 2 saturated heterocycles. The molecule has 0 aromatic heterocycles. The van der Waals surface area contributed by atoms with Crippen LogP contribution in [0.15, 0.2) is 24.3 Å². The molecule has 1 aromatic carbocycles. The predicted octanol–water partition coefficient (Wildman–Crippen LogP) is 3.34. The molecule has 2 aliphatic rings. The number of rotatable bonds is 3. The fourth-order valence-corrected chi connectivity index (χ4v) is 4.99. The SMILES string of the molecule is N#Cc1cccc(CC(=O)C2CC3CCC(C2)S3)c1. The van der Waals surface area contributed by atoms with Gasteiger partial charge < -0.3 is 0 Å². The second kappa shape index (κ2) is 5.38. The maximum atomic E-state index is 12.4. The Kier molecular flexibility index (Phi) is 3.61. The van der Waals surface area contributed by atoms with E-state index in [0.29, 0.717) is 17.8 Å². The number of benzene rings is 1. The fourth-order valence-electron chi connectivity index (χ4n) is 3.22. The minimum Gasteiger partial charge on any atom is -0.299 e. The molecule has 2 fully saturated rings. The highest BCUT2D eigenvalue weighted by molar-refractivity contribution is 8.00. The van der Waals surface area contributed by atoms with E-state index in [1.54, 1.807) is 6.07 Å². The number of Topliss-reactive ketones (excluding diaryl/α,β-unsaturated/α-hetero) is 1. The Bertz CT molecular complexity index is 522. The predicted molar refractivity (Wildman–Crippen MR) is 77.0 cm³/mol. The van der Waals surface area contributed by atoms with E-state index in [1.165, 1.54) is 12.8 Å². The maximum Gasteiger partial charge on any atom is 0.140 e. The van der Waals surface area contributed by atoms with Gasteiger partial charge in [-0.2, -0.15) is 17.0 Å². The van der Waals surface area contributed by atoms with Crippen molar-refractivity contribution >= 4 is 17.5 Å². The molecule has 2 nitrogen and oxygen atoms in total. The molecule has 2 atom stereocenters. The van der Waals surface area contributed by atoms with Crippen molar-refractivity contribution in [3.63, 3.8) is 0 Å². The van der Waals surface area contributed by atoms with Crippen molar-refractivity contribution in [2.45, 2.75) is 42.6 Å². The number of nitrogens with zero attached hydrogens (tertiary/aromatic N) is 1. The summed E-state index contributed by atoms with van der Waals surface area (Å²) in [5, 5.41) is 10.3. The highest BCUT2D eigenvalue weighted by Crippen LogP contribution is 2.46. The summed E-state index contributed by atoms with van der Waals surface area (Å²) in [6.07, 6.45) is 5.21. The van der Waals surface area contributed by atoms with Crippen LogP contribution in [0, 0.1) is 17.2 Å². The number of hydrogen-bond donors (Lipinski definition) is 0. The minimum atomic E-state index is 0.254. The summed E-state index contributed by atoms with van der Waals surface area (Å²) < 4.78 is 0. The molecule has 98 valence electrons. The molecule has 0 aliphatic carbocycles. The third-order valence-electron chi connectivity index (χ3n) is 4.18. The maximum absolute atomic E-state index is 12.4. The van der Waals surface area contributed by atoms with E-state index in [0.717, 1.165) is 28.9 Å². The van der Waals surface area contributed by atoms with Gasteiger partial charge in [0.1, 0.15) is 5.78 Å². The number of hydrogen-bond acceptors (Lipinski definition) is 3. The Morgan fingerprint density at radius 3 is 2.74 bits per heavy atom. The Balaban J connectivity index is 1.66. The molecule has 3 heteroatoms. The van der Waals surface area contributed by atoms with Gasteiger partial charge in [0.25, 0.3) is 0 Å². The van der Waals surface area contributed by atoms with Gasteiger partial charge in [0.2, 0.25) is 0 Å². The van der Waals surface area contributed by atoms with Crippen LogP contribution in [-0.4, -0.2) is 16.3 Å². The van der Waals surface area contributed by atoms with Crippen molar-refractivity contribution in [1.29, 1.82) is 5.26 Å². The lowest BCUT2D eigenvalue weighted by Gasteiger charge is -2.26. The quantitative estimate of drug-likeness (QED) is 0.846. The van der Waals surface area contributed by atoms with Crippen LogP contribution in [0.25, 0.3) is 0 Å². The van der Waals surface area contributed by atoms with Crippen LogP contribution < -0.4 is 0 Å². The van der Waals surface area contributed by atoms with Crippen LogP contribution in [0.3, 0.4) is 0 Å². The zero-order valence-electron chi connectivity index (χ0n) is 10.8. The molecule has 2 aliphatic heterocycles. The number of nitriles is 1. The first-order valence-electron chi connectivity index (χ1n) is 6.92. The second-order valence-electron chi connectivity index (χ2n) is 5.58. The summed E-state index contributed by atoms with van der Waals surface area (Å²) in [5.41, 5.74) is 1.62. The number of fused-ring (bicyclic) bond motifs is 2. The van der Waals surface area contributed by atoms with Crippen molar-refractivity contribution in [2.24, 2.45) is 5.92 Å². The van der Waals surface area contributed by atoms with Gasteiger partial charge >= 0.3 is 0 Å². The van der Waals surface area contributed by atoms with Crippen molar-refractivity contribution in [2.75, 3.05) is 0 Å². The topological polar surface area (TPSA) is 40.9 Å². The minimum absolute atomic E-state index is 0.254. The zero-order chi connectivity index (χ0) is 13.2. The molecular formula is C16H17NOS. The average Bonchev–Trinajstić information content (AvgIpc) is 2.77. The number of thioether (sulfide) groups is 1. The van der Waals surface area contributed by atoms with E-state index in [9.17, 15) is 4.79 Å². The monoisotopic (exact) mass is 271 g/mol. The van der Waals surface area contributed by atoms with Gasteiger partial charge in [-0.25, -0.2) is 0 Å². The highest BCUT2D eigenvalue weighted by Gasteiger charge is 2.37. The lowest BCUT2D eigenvalue weighted by Crippen LogP contribution is -2.25. The van der Waals surface area contributed by atoms with Crippen LogP contribution in [0.1, 0.15) is 36.8 Å². The molecular weight excluding hydrogens is 254 g/mol. The van der Waals surface area contributed by atoms with Gasteiger partial charge in [0.05, 0.1) is 11.6 Å². The van der Waals surface area contributed by atoms with Crippen molar-refractivity contribution in [1.82, 2.24) is 0 Å². The summed E-state index contributed by atoms with van der Waals surface area (Å²) in [6, 6.07) is 9.56. The summed E-state index contributed by atoms with van der Waals surface area (Å²) in [7, 11) is 0. The zero-order valence-corrected chi connectivity index (χ0v) is 11.7. The molecule has 2 heterocycles. The summed E-state index contributed by atoms with van der Waals surface area (Å²) in [4.78, 5) is 12.4. The first kappa shape index (κ1) is 12.7. The van der Waals surface area contributed by atoms with Crippen LogP contribution in [-0.2, 0) is 11.2 Å². The Hall–Kier alpha value is -1.27. The van der Waals surface area contributed by atoms with Gasteiger partial charge in [0, 0.05) is 22.8 Å². The molecule has 2 bridgehead atoms. The smallest absolute Gasteiger partial charge is 0.140 e. The van der Waals surface area contributed by atoms with Crippen molar-refractivity contribution in [3.05, 3.63) is 35.4 Å². The number of ketones is 1. The lowest BCUT2D eigenvalue weighted by molar-refractivity contribution is -0.122. The molecule has 3 rings (SSSR count). The molecule has 0 radical (unpaired) electrons. The van der Waals surface area contributed by atoms with E-state index in [4.69, 9.17) is 5.26 Å². The van der Waals surface area contributed by atoms with E-state index in [1.807, 2.05) is 18.2 Å².